The first-order valence-corrected chi connectivity index (χ1v) is 6.90. The fourth-order valence-corrected chi connectivity index (χ4v) is 2.74. The van der Waals surface area contributed by atoms with Crippen LogP contribution in [0.15, 0.2) is 21.5 Å². The van der Waals surface area contributed by atoms with Crippen molar-refractivity contribution in [2.45, 2.75) is 17.9 Å². The smallest absolute Gasteiger partial charge is 0.339 e. The summed E-state index contributed by atoms with van der Waals surface area (Å²) in [5.41, 5.74) is 0.172. The number of aliphatic hydroxyl groups is 1. The van der Waals surface area contributed by atoms with Crippen LogP contribution in [0.25, 0.3) is 0 Å². The van der Waals surface area contributed by atoms with E-state index in [2.05, 4.69) is 20.7 Å². The summed E-state index contributed by atoms with van der Waals surface area (Å²) in [5, 5.41) is 9.66. The topological polar surface area (TPSA) is 46.5 Å². The second-order valence-electron chi connectivity index (χ2n) is 3.17. The van der Waals surface area contributed by atoms with E-state index in [-0.39, 0.29) is 12.2 Å². The largest absolute Gasteiger partial charge is 0.464 e. The minimum Gasteiger partial charge on any atom is -0.464 e. The van der Waals surface area contributed by atoms with Gasteiger partial charge in [0.2, 0.25) is 0 Å². The monoisotopic (exact) mass is 322 g/mol. The normalized spacial score (nSPS) is 12.3. The average molecular weight is 323 g/mol. The molecule has 0 saturated heterocycles. The summed E-state index contributed by atoms with van der Waals surface area (Å²) in [4.78, 5) is 11.7. The number of hydrogen-bond acceptors (Lipinski definition) is 4. The van der Waals surface area contributed by atoms with Crippen molar-refractivity contribution in [1.29, 1.82) is 0 Å². The van der Waals surface area contributed by atoms with E-state index in [0.717, 1.165) is 6.07 Å². The fraction of sp³-hybridized carbons (Fsp3) is 0.364. The zero-order valence-electron chi connectivity index (χ0n) is 9.37. The van der Waals surface area contributed by atoms with Crippen molar-refractivity contribution in [3.05, 3.63) is 28.0 Å². The van der Waals surface area contributed by atoms with Crippen LogP contribution in [-0.2, 0) is 9.53 Å². The Labute approximate surface area is 111 Å². The molecule has 0 aromatic heterocycles. The second-order valence-corrected chi connectivity index (χ2v) is 4.84. The molecule has 0 amide bonds. The predicted octanol–water partition coefficient (Wildman–Crippen LogP) is 2.91. The minimum absolute atomic E-state index is 0.169. The summed E-state index contributed by atoms with van der Waals surface area (Å²) in [5.74, 6) is -1.26. The molecule has 0 aliphatic carbocycles. The summed E-state index contributed by atoms with van der Waals surface area (Å²) >= 11 is 4.43. The van der Waals surface area contributed by atoms with Gasteiger partial charge in [-0.15, -0.1) is 11.8 Å². The van der Waals surface area contributed by atoms with E-state index in [1.54, 1.807) is 13.2 Å². The average Bonchev–Trinajstić information content (AvgIpc) is 2.27. The number of ether oxygens (including phenoxy) is 1. The first-order valence-electron chi connectivity index (χ1n) is 4.88. The van der Waals surface area contributed by atoms with Crippen molar-refractivity contribution in [2.75, 3.05) is 12.9 Å². The molecule has 3 nitrogen and oxygen atoms in total. The molecular formula is C11H12BrFO3S. The van der Waals surface area contributed by atoms with E-state index in [1.165, 1.54) is 17.8 Å². The van der Waals surface area contributed by atoms with Crippen LogP contribution in [0.3, 0.4) is 0 Å². The number of benzene rings is 1. The quantitative estimate of drug-likeness (QED) is 0.684. The van der Waals surface area contributed by atoms with Crippen molar-refractivity contribution in [1.82, 2.24) is 0 Å². The Morgan fingerprint density at radius 2 is 2.29 bits per heavy atom. The SMILES string of the molecule is CCOC(=O)C(O)c1cc(F)c(SC)c(Br)c1. The third-order valence-electron chi connectivity index (χ3n) is 2.05. The van der Waals surface area contributed by atoms with E-state index in [1.807, 2.05) is 0 Å². The molecule has 1 unspecified atom stereocenters. The molecule has 0 spiro atoms. The lowest BCUT2D eigenvalue weighted by molar-refractivity contribution is -0.153. The molecule has 1 aromatic rings. The van der Waals surface area contributed by atoms with Crippen LogP contribution in [-0.4, -0.2) is 23.9 Å². The Bertz CT molecular complexity index is 402. The van der Waals surface area contributed by atoms with Gasteiger partial charge in [-0.1, -0.05) is 0 Å². The number of esters is 1. The van der Waals surface area contributed by atoms with Crippen molar-refractivity contribution in [3.8, 4) is 0 Å². The van der Waals surface area contributed by atoms with Crippen molar-refractivity contribution in [3.63, 3.8) is 0 Å². The standard InChI is InChI=1S/C11H12BrFO3S/c1-3-16-11(15)9(14)6-4-7(12)10(17-2)8(13)5-6/h4-5,9,14H,3H2,1-2H3. The molecular weight excluding hydrogens is 311 g/mol. The number of rotatable bonds is 4. The molecule has 1 rings (SSSR count). The number of carbonyl (C=O) groups excluding carboxylic acids is 1. The van der Waals surface area contributed by atoms with Crippen LogP contribution in [0.1, 0.15) is 18.6 Å². The molecule has 0 saturated carbocycles. The Morgan fingerprint density at radius 3 is 2.76 bits per heavy atom. The summed E-state index contributed by atoms with van der Waals surface area (Å²) in [6.45, 7) is 1.81. The number of carbonyl (C=O) groups is 1. The van der Waals surface area contributed by atoms with Crippen molar-refractivity contribution >= 4 is 33.7 Å². The van der Waals surface area contributed by atoms with Crippen LogP contribution < -0.4 is 0 Å². The van der Waals surface area contributed by atoms with Crippen molar-refractivity contribution < 1.29 is 19.0 Å². The minimum atomic E-state index is -1.46. The lowest BCUT2D eigenvalue weighted by atomic mass is 10.1. The summed E-state index contributed by atoms with van der Waals surface area (Å²) < 4.78 is 18.8. The number of thioether (sulfide) groups is 1. The zero-order valence-corrected chi connectivity index (χ0v) is 11.8. The molecule has 0 aliphatic rings. The Morgan fingerprint density at radius 1 is 1.65 bits per heavy atom. The zero-order chi connectivity index (χ0) is 13.0. The van der Waals surface area contributed by atoms with Gasteiger partial charge in [0.25, 0.3) is 0 Å². The number of aliphatic hydroxyl groups excluding tert-OH is 1. The molecule has 6 heteroatoms. The Balaban J connectivity index is 3.04. The molecule has 1 atom stereocenters. The summed E-state index contributed by atoms with van der Waals surface area (Å²) in [7, 11) is 0. The highest BCUT2D eigenvalue weighted by atomic mass is 79.9. The van der Waals surface area contributed by atoms with Crippen LogP contribution in [0.2, 0.25) is 0 Å². The highest BCUT2D eigenvalue weighted by molar-refractivity contribution is 9.10. The fourth-order valence-electron chi connectivity index (χ4n) is 1.29. The van der Waals surface area contributed by atoms with Gasteiger partial charge in [0.1, 0.15) is 5.82 Å². The maximum Gasteiger partial charge on any atom is 0.339 e. The van der Waals surface area contributed by atoms with Gasteiger partial charge in [0, 0.05) is 4.47 Å². The van der Waals surface area contributed by atoms with Crippen LogP contribution >= 0.6 is 27.7 Å². The third-order valence-corrected chi connectivity index (χ3v) is 3.76. The molecule has 17 heavy (non-hydrogen) atoms. The maximum atomic E-state index is 13.6. The van der Waals surface area contributed by atoms with Gasteiger partial charge in [-0.05, 0) is 46.8 Å². The Hall–Kier alpha value is -0.590. The van der Waals surface area contributed by atoms with Gasteiger partial charge in [0.15, 0.2) is 6.10 Å². The molecule has 1 N–H and O–H groups in total. The molecule has 0 fully saturated rings. The summed E-state index contributed by atoms with van der Waals surface area (Å²) in [6, 6.07) is 2.65. The van der Waals surface area contributed by atoms with Gasteiger partial charge in [-0.25, -0.2) is 9.18 Å². The molecule has 0 heterocycles. The third kappa shape index (κ3) is 3.43. The number of hydrogen-bond donors (Lipinski definition) is 1. The van der Waals surface area contributed by atoms with E-state index >= 15 is 0 Å². The second kappa shape index (κ2) is 6.37. The predicted molar refractivity (Wildman–Crippen MR) is 67.5 cm³/mol. The van der Waals surface area contributed by atoms with E-state index < -0.39 is 17.9 Å². The first kappa shape index (κ1) is 14.5. The molecule has 94 valence electrons. The van der Waals surface area contributed by atoms with E-state index in [9.17, 15) is 14.3 Å². The van der Waals surface area contributed by atoms with Crippen LogP contribution in [0, 0.1) is 5.82 Å². The van der Waals surface area contributed by atoms with Gasteiger partial charge in [-0.3, -0.25) is 0 Å². The molecule has 1 aromatic carbocycles. The molecule has 0 radical (unpaired) electrons. The van der Waals surface area contributed by atoms with Crippen LogP contribution in [0.5, 0.6) is 0 Å². The Kier molecular flexibility index (Phi) is 5.42. The highest BCUT2D eigenvalue weighted by Gasteiger charge is 2.21. The van der Waals surface area contributed by atoms with E-state index in [0.29, 0.717) is 9.37 Å². The molecule has 0 aliphatic heterocycles. The van der Waals surface area contributed by atoms with Gasteiger partial charge >= 0.3 is 5.97 Å². The van der Waals surface area contributed by atoms with Crippen molar-refractivity contribution in [2.24, 2.45) is 0 Å². The van der Waals surface area contributed by atoms with Gasteiger partial charge < -0.3 is 9.84 Å². The van der Waals surface area contributed by atoms with Gasteiger partial charge in [0.05, 0.1) is 11.5 Å². The van der Waals surface area contributed by atoms with Crippen LogP contribution in [0.4, 0.5) is 4.39 Å². The van der Waals surface area contributed by atoms with Gasteiger partial charge in [-0.2, -0.15) is 0 Å². The summed E-state index contributed by atoms with van der Waals surface area (Å²) in [6.07, 6.45) is 0.279. The van der Waals surface area contributed by atoms with E-state index in [4.69, 9.17) is 0 Å². The maximum absolute atomic E-state index is 13.6. The number of halogens is 2. The molecule has 0 bridgehead atoms. The highest BCUT2D eigenvalue weighted by Crippen LogP contribution is 2.31. The lowest BCUT2D eigenvalue weighted by Crippen LogP contribution is -2.15. The lowest BCUT2D eigenvalue weighted by Gasteiger charge is -2.12. The first-order chi connectivity index (χ1) is 8.01.